The first-order chi connectivity index (χ1) is 8.83. The Balaban J connectivity index is 3.15. The van der Waals surface area contributed by atoms with Gasteiger partial charge in [-0.1, -0.05) is 0 Å². The summed E-state index contributed by atoms with van der Waals surface area (Å²) in [5.41, 5.74) is 4.74. The number of ether oxygens (including phenoxy) is 1. The van der Waals surface area contributed by atoms with Gasteiger partial charge >= 0.3 is 0 Å². The van der Waals surface area contributed by atoms with E-state index in [1.54, 1.807) is 6.92 Å². The molecule has 19 heavy (non-hydrogen) atoms. The Labute approximate surface area is 110 Å². The molecule has 0 aliphatic heterocycles. The largest absolute Gasteiger partial charge is 0.383 e. The second kappa shape index (κ2) is 6.38. The van der Waals surface area contributed by atoms with Gasteiger partial charge in [0.15, 0.2) is 5.82 Å². The highest BCUT2D eigenvalue weighted by Gasteiger charge is 2.24. The van der Waals surface area contributed by atoms with Crippen LogP contribution in [0.2, 0.25) is 0 Å². The molecule has 5 nitrogen and oxygen atoms in total. The molecule has 1 aromatic carbocycles. The maximum Gasteiger partial charge on any atom is 0.243 e. The summed E-state index contributed by atoms with van der Waals surface area (Å²) < 4.78 is 58.0. The molecule has 0 aromatic heterocycles. The molecule has 0 saturated heterocycles. The molecule has 0 heterocycles. The van der Waals surface area contributed by atoms with Crippen LogP contribution in [-0.2, 0) is 21.3 Å². The lowest BCUT2D eigenvalue weighted by Crippen LogP contribution is -2.36. The average Bonchev–Trinajstić information content (AvgIpc) is 2.28. The molecular weight excluding hydrogens is 278 g/mol. The summed E-state index contributed by atoms with van der Waals surface area (Å²) in [6.45, 7) is 1.27. The molecule has 0 radical (unpaired) electrons. The summed E-state index contributed by atoms with van der Waals surface area (Å²) >= 11 is 0. The summed E-state index contributed by atoms with van der Waals surface area (Å²) in [7, 11) is -2.68. The highest BCUT2D eigenvalue weighted by Crippen LogP contribution is 2.20. The fourth-order valence-electron chi connectivity index (χ4n) is 1.58. The summed E-state index contributed by atoms with van der Waals surface area (Å²) in [6, 6.07) is 1.20. The van der Waals surface area contributed by atoms with Crippen molar-refractivity contribution in [2.24, 2.45) is 5.73 Å². The van der Waals surface area contributed by atoms with Gasteiger partial charge in [0.1, 0.15) is 10.7 Å². The maximum absolute atomic E-state index is 13.9. The van der Waals surface area contributed by atoms with Crippen LogP contribution < -0.4 is 10.5 Å². The van der Waals surface area contributed by atoms with E-state index in [2.05, 4.69) is 4.72 Å². The average molecular weight is 294 g/mol. The number of sulfonamides is 1. The zero-order chi connectivity index (χ0) is 14.6. The summed E-state index contributed by atoms with van der Waals surface area (Å²) in [4.78, 5) is -0.627. The smallest absolute Gasteiger partial charge is 0.243 e. The second-order valence-corrected chi connectivity index (χ2v) is 5.70. The third-order valence-electron chi connectivity index (χ3n) is 2.42. The van der Waals surface area contributed by atoms with E-state index in [4.69, 9.17) is 10.5 Å². The molecule has 0 amide bonds. The molecule has 1 unspecified atom stereocenters. The highest BCUT2D eigenvalue weighted by atomic mass is 32.2. The van der Waals surface area contributed by atoms with Crippen molar-refractivity contribution >= 4 is 10.0 Å². The minimum absolute atomic E-state index is 0.131. The molecule has 1 atom stereocenters. The predicted octanol–water partition coefficient (Wildman–Crippen LogP) is 0.737. The van der Waals surface area contributed by atoms with E-state index in [-0.39, 0.29) is 6.61 Å². The van der Waals surface area contributed by atoms with Crippen molar-refractivity contribution in [1.82, 2.24) is 4.72 Å². The lowest BCUT2D eigenvalue weighted by molar-refractivity contribution is 0.180. The number of halogens is 2. The number of nitrogens with one attached hydrogen (secondary N) is 1. The fraction of sp³-hybridized carbons (Fsp3) is 0.455. The van der Waals surface area contributed by atoms with Crippen LogP contribution in [0, 0.1) is 11.6 Å². The van der Waals surface area contributed by atoms with Crippen molar-refractivity contribution < 1.29 is 21.9 Å². The molecule has 0 spiro atoms. The second-order valence-electron chi connectivity index (χ2n) is 4.02. The van der Waals surface area contributed by atoms with E-state index in [1.807, 2.05) is 0 Å². The molecule has 108 valence electrons. The van der Waals surface area contributed by atoms with E-state index in [9.17, 15) is 17.2 Å². The number of hydrogen-bond acceptors (Lipinski definition) is 4. The Kier molecular flexibility index (Phi) is 5.36. The number of methoxy groups -OCH3 is 1. The van der Waals surface area contributed by atoms with Crippen molar-refractivity contribution in [3.8, 4) is 0 Å². The molecule has 3 N–H and O–H groups in total. The molecule has 0 bridgehead atoms. The predicted molar refractivity (Wildman–Crippen MR) is 65.9 cm³/mol. The lowest BCUT2D eigenvalue weighted by atomic mass is 10.2. The van der Waals surface area contributed by atoms with Crippen LogP contribution in [-0.4, -0.2) is 28.2 Å². The monoisotopic (exact) mass is 294 g/mol. The van der Waals surface area contributed by atoms with Gasteiger partial charge in [0.25, 0.3) is 0 Å². The number of benzene rings is 1. The van der Waals surface area contributed by atoms with Crippen LogP contribution in [0.5, 0.6) is 0 Å². The zero-order valence-corrected chi connectivity index (χ0v) is 11.4. The van der Waals surface area contributed by atoms with Gasteiger partial charge in [-0.3, -0.25) is 0 Å². The van der Waals surface area contributed by atoms with E-state index in [0.717, 1.165) is 12.1 Å². The third kappa shape index (κ3) is 3.69. The minimum Gasteiger partial charge on any atom is -0.383 e. The van der Waals surface area contributed by atoms with Gasteiger partial charge < -0.3 is 10.5 Å². The molecule has 1 aromatic rings. The first-order valence-electron chi connectivity index (χ1n) is 5.51. The topological polar surface area (TPSA) is 81.4 Å². The normalized spacial score (nSPS) is 13.5. The summed E-state index contributed by atoms with van der Waals surface area (Å²) in [6.07, 6.45) is 0. The first kappa shape index (κ1) is 16.0. The Hall–Kier alpha value is -1.09. The number of rotatable bonds is 6. The number of nitrogens with two attached hydrogens (primary N) is 1. The van der Waals surface area contributed by atoms with Crippen LogP contribution in [0.4, 0.5) is 8.78 Å². The molecule has 1 rings (SSSR count). The van der Waals surface area contributed by atoms with Crippen LogP contribution in [0.25, 0.3) is 0 Å². The third-order valence-corrected chi connectivity index (χ3v) is 4.02. The van der Waals surface area contributed by atoms with Gasteiger partial charge in [0.05, 0.1) is 6.61 Å². The summed E-state index contributed by atoms with van der Waals surface area (Å²) in [5, 5.41) is 0. The number of hydrogen-bond donors (Lipinski definition) is 2. The highest BCUT2D eigenvalue weighted by molar-refractivity contribution is 7.89. The van der Waals surface area contributed by atoms with E-state index < -0.39 is 44.7 Å². The SMILES string of the molecule is COCC(C)NS(=O)(=O)c1ccc(F)c(CN)c1F. The van der Waals surface area contributed by atoms with Gasteiger partial charge in [0, 0.05) is 25.3 Å². The van der Waals surface area contributed by atoms with E-state index in [0.29, 0.717) is 0 Å². The van der Waals surface area contributed by atoms with Crippen LogP contribution >= 0.6 is 0 Å². The van der Waals surface area contributed by atoms with Crippen molar-refractivity contribution in [3.05, 3.63) is 29.3 Å². The first-order valence-corrected chi connectivity index (χ1v) is 7.00. The molecule has 0 saturated carbocycles. The lowest BCUT2D eigenvalue weighted by Gasteiger charge is -2.14. The van der Waals surface area contributed by atoms with Crippen molar-refractivity contribution in [2.45, 2.75) is 24.4 Å². The van der Waals surface area contributed by atoms with Gasteiger partial charge in [0.2, 0.25) is 10.0 Å². The Morgan fingerprint density at radius 1 is 1.42 bits per heavy atom. The standard InChI is InChI=1S/C11H16F2N2O3S/c1-7(6-18-2)15-19(16,17)10-4-3-9(12)8(5-14)11(10)13/h3-4,7,15H,5-6,14H2,1-2H3. The molecule has 0 fully saturated rings. The van der Waals surface area contributed by atoms with Crippen molar-refractivity contribution in [2.75, 3.05) is 13.7 Å². The minimum atomic E-state index is -4.09. The van der Waals surface area contributed by atoms with E-state index >= 15 is 0 Å². The summed E-state index contributed by atoms with van der Waals surface area (Å²) in [5.74, 6) is -2.04. The Morgan fingerprint density at radius 3 is 2.58 bits per heavy atom. The van der Waals surface area contributed by atoms with Crippen LogP contribution in [0.3, 0.4) is 0 Å². The van der Waals surface area contributed by atoms with Gasteiger partial charge in [-0.2, -0.15) is 0 Å². The van der Waals surface area contributed by atoms with Crippen LogP contribution in [0.15, 0.2) is 17.0 Å². The molecule has 8 heteroatoms. The van der Waals surface area contributed by atoms with E-state index in [1.165, 1.54) is 7.11 Å². The molecule has 0 aliphatic carbocycles. The Morgan fingerprint density at radius 2 is 2.05 bits per heavy atom. The van der Waals surface area contributed by atoms with Crippen LogP contribution in [0.1, 0.15) is 12.5 Å². The maximum atomic E-state index is 13.9. The zero-order valence-electron chi connectivity index (χ0n) is 10.6. The van der Waals surface area contributed by atoms with Gasteiger partial charge in [-0.15, -0.1) is 0 Å². The quantitative estimate of drug-likeness (QED) is 0.810. The molecule has 0 aliphatic rings. The van der Waals surface area contributed by atoms with Gasteiger partial charge in [-0.25, -0.2) is 21.9 Å². The van der Waals surface area contributed by atoms with Gasteiger partial charge in [-0.05, 0) is 19.1 Å². The van der Waals surface area contributed by atoms with Crippen molar-refractivity contribution in [3.63, 3.8) is 0 Å². The molecular formula is C11H16F2N2O3S. The fourth-order valence-corrected chi connectivity index (χ4v) is 2.91. The van der Waals surface area contributed by atoms with Crippen molar-refractivity contribution in [1.29, 1.82) is 0 Å². The Bertz CT molecular complexity index is 549.